The molecule has 1 heterocycles. The van der Waals surface area contributed by atoms with Gasteiger partial charge in [0.15, 0.2) is 0 Å². The number of nitriles is 1. The van der Waals surface area contributed by atoms with E-state index in [4.69, 9.17) is 11.6 Å². The SMILES string of the molecule is N#Cc1cc(Cl)ccc1N1CCC(C(=O)NCc2ccc(F)cc2)CC1. The number of amides is 1. The Morgan fingerprint density at radius 3 is 2.58 bits per heavy atom. The quantitative estimate of drug-likeness (QED) is 0.887. The molecule has 0 aliphatic carbocycles. The third-order valence-electron chi connectivity index (χ3n) is 4.67. The summed E-state index contributed by atoms with van der Waals surface area (Å²) in [5.74, 6) is -0.318. The van der Waals surface area contributed by atoms with Crippen LogP contribution in [0.3, 0.4) is 0 Å². The molecule has 26 heavy (non-hydrogen) atoms. The van der Waals surface area contributed by atoms with E-state index in [1.54, 1.807) is 24.3 Å². The number of carbonyl (C=O) groups is 1. The number of halogens is 2. The predicted octanol–water partition coefficient (Wildman–Crippen LogP) is 3.88. The fraction of sp³-hybridized carbons (Fsp3) is 0.300. The average Bonchev–Trinajstić information content (AvgIpc) is 2.67. The van der Waals surface area contributed by atoms with Crippen LogP contribution in [0.1, 0.15) is 24.0 Å². The molecule has 0 bridgehead atoms. The second-order valence-electron chi connectivity index (χ2n) is 6.38. The maximum absolute atomic E-state index is 12.9. The van der Waals surface area contributed by atoms with Gasteiger partial charge in [0.05, 0.1) is 11.3 Å². The molecule has 2 aromatic carbocycles. The van der Waals surface area contributed by atoms with Crippen LogP contribution in [0.4, 0.5) is 10.1 Å². The Labute approximate surface area is 157 Å². The lowest BCUT2D eigenvalue weighted by Crippen LogP contribution is -2.40. The minimum absolute atomic E-state index is 0.0191. The molecular weight excluding hydrogens is 353 g/mol. The molecule has 1 aliphatic rings. The highest BCUT2D eigenvalue weighted by atomic mass is 35.5. The Balaban J connectivity index is 1.54. The maximum Gasteiger partial charge on any atom is 0.223 e. The van der Waals surface area contributed by atoms with E-state index in [-0.39, 0.29) is 17.6 Å². The smallest absolute Gasteiger partial charge is 0.223 e. The lowest BCUT2D eigenvalue weighted by molar-refractivity contribution is -0.125. The summed E-state index contributed by atoms with van der Waals surface area (Å²) in [5.41, 5.74) is 2.29. The molecule has 1 fully saturated rings. The minimum atomic E-state index is -0.286. The number of rotatable bonds is 4. The fourth-order valence-corrected chi connectivity index (χ4v) is 3.36. The van der Waals surface area contributed by atoms with Gasteiger partial charge in [-0.05, 0) is 48.7 Å². The van der Waals surface area contributed by atoms with Gasteiger partial charge in [-0.2, -0.15) is 5.26 Å². The van der Waals surface area contributed by atoms with Crippen LogP contribution in [0.25, 0.3) is 0 Å². The van der Waals surface area contributed by atoms with Gasteiger partial charge < -0.3 is 10.2 Å². The number of hydrogen-bond acceptors (Lipinski definition) is 3. The number of hydrogen-bond donors (Lipinski definition) is 1. The van der Waals surface area contributed by atoms with Gasteiger partial charge in [0.1, 0.15) is 11.9 Å². The number of carbonyl (C=O) groups excluding carboxylic acids is 1. The van der Waals surface area contributed by atoms with Crippen LogP contribution in [0.5, 0.6) is 0 Å². The van der Waals surface area contributed by atoms with Gasteiger partial charge in [-0.25, -0.2) is 4.39 Å². The molecule has 0 atom stereocenters. The normalized spacial score (nSPS) is 14.7. The van der Waals surface area contributed by atoms with Crippen LogP contribution in [-0.4, -0.2) is 19.0 Å². The summed E-state index contributed by atoms with van der Waals surface area (Å²) in [4.78, 5) is 14.5. The highest BCUT2D eigenvalue weighted by Crippen LogP contribution is 2.28. The van der Waals surface area contributed by atoms with E-state index >= 15 is 0 Å². The van der Waals surface area contributed by atoms with E-state index in [0.29, 0.717) is 30.2 Å². The van der Waals surface area contributed by atoms with Gasteiger partial charge in [-0.1, -0.05) is 23.7 Å². The third-order valence-corrected chi connectivity index (χ3v) is 4.90. The largest absolute Gasteiger partial charge is 0.370 e. The Morgan fingerprint density at radius 1 is 1.23 bits per heavy atom. The Kier molecular flexibility index (Phi) is 5.75. The Bertz CT molecular complexity index is 824. The highest BCUT2D eigenvalue weighted by molar-refractivity contribution is 6.30. The van der Waals surface area contributed by atoms with Crippen molar-refractivity contribution in [2.45, 2.75) is 19.4 Å². The highest BCUT2D eigenvalue weighted by Gasteiger charge is 2.26. The van der Waals surface area contributed by atoms with Crippen molar-refractivity contribution in [1.29, 1.82) is 5.26 Å². The van der Waals surface area contributed by atoms with Crippen molar-refractivity contribution in [3.05, 3.63) is 64.4 Å². The van der Waals surface area contributed by atoms with Crippen molar-refractivity contribution in [2.75, 3.05) is 18.0 Å². The summed E-state index contributed by atoms with van der Waals surface area (Å²) in [6.07, 6.45) is 1.45. The van der Waals surface area contributed by atoms with Crippen LogP contribution >= 0.6 is 11.6 Å². The summed E-state index contributed by atoms with van der Waals surface area (Å²) in [7, 11) is 0. The van der Waals surface area contributed by atoms with Gasteiger partial charge in [0.2, 0.25) is 5.91 Å². The number of nitrogens with zero attached hydrogens (tertiary/aromatic N) is 2. The van der Waals surface area contributed by atoms with Crippen LogP contribution in [0, 0.1) is 23.1 Å². The molecule has 0 unspecified atom stereocenters. The minimum Gasteiger partial charge on any atom is -0.370 e. The zero-order valence-corrected chi connectivity index (χ0v) is 15.0. The predicted molar refractivity (Wildman–Crippen MR) is 99.4 cm³/mol. The number of anilines is 1. The molecular formula is C20H19ClFN3O. The molecule has 2 aromatic rings. The van der Waals surface area contributed by atoms with Crippen molar-refractivity contribution < 1.29 is 9.18 Å². The van der Waals surface area contributed by atoms with E-state index < -0.39 is 0 Å². The molecule has 1 saturated heterocycles. The first-order chi connectivity index (χ1) is 12.6. The van der Waals surface area contributed by atoms with E-state index in [1.807, 2.05) is 6.07 Å². The molecule has 0 aromatic heterocycles. The fourth-order valence-electron chi connectivity index (χ4n) is 3.19. The summed E-state index contributed by atoms with van der Waals surface area (Å²) < 4.78 is 12.9. The summed E-state index contributed by atoms with van der Waals surface area (Å²) in [6.45, 7) is 1.82. The zero-order chi connectivity index (χ0) is 18.5. The van der Waals surface area contributed by atoms with Crippen LogP contribution in [0.2, 0.25) is 5.02 Å². The van der Waals surface area contributed by atoms with Gasteiger partial charge in [-0.15, -0.1) is 0 Å². The molecule has 3 rings (SSSR count). The molecule has 1 aliphatic heterocycles. The van der Waals surface area contributed by atoms with Crippen LogP contribution < -0.4 is 10.2 Å². The van der Waals surface area contributed by atoms with E-state index in [9.17, 15) is 14.4 Å². The molecule has 6 heteroatoms. The molecule has 0 saturated carbocycles. The molecule has 1 amide bonds. The summed E-state index contributed by atoms with van der Waals surface area (Å²) >= 11 is 5.95. The van der Waals surface area contributed by atoms with Crippen LogP contribution in [0.15, 0.2) is 42.5 Å². The lowest BCUT2D eigenvalue weighted by atomic mass is 9.95. The second-order valence-corrected chi connectivity index (χ2v) is 6.82. The number of benzene rings is 2. The molecule has 0 radical (unpaired) electrons. The van der Waals surface area contributed by atoms with Crippen molar-refractivity contribution in [3.8, 4) is 6.07 Å². The van der Waals surface area contributed by atoms with Gasteiger partial charge in [0, 0.05) is 30.6 Å². The van der Waals surface area contributed by atoms with E-state index in [1.165, 1.54) is 12.1 Å². The van der Waals surface area contributed by atoms with Crippen LogP contribution in [-0.2, 0) is 11.3 Å². The number of nitrogens with one attached hydrogen (secondary N) is 1. The monoisotopic (exact) mass is 371 g/mol. The van der Waals surface area contributed by atoms with Gasteiger partial charge >= 0.3 is 0 Å². The average molecular weight is 372 g/mol. The van der Waals surface area contributed by atoms with E-state index in [0.717, 1.165) is 24.1 Å². The first kappa shape index (κ1) is 18.2. The molecule has 134 valence electrons. The Hall–Kier alpha value is -2.58. The zero-order valence-electron chi connectivity index (χ0n) is 14.2. The van der Waals surface area contributed by atoms with Crippen molar-refractivity contribution >= 4 is 23.2 Å². The van der Waals surface area contributed by atoms with Gasteiger partial charge in [0.25, 0.3) is 0 Å². The van der Waals surface area contributed by atoms with Crippen molar-refractivity contribution in [3.63, 3.8) is 0 Å². The Morgan fingerprint density at radius 2 is 1.92 bits per heavy atom. The standard InChI is InChI=1S/C20H19ClFN3O/c21-17-3-6-19(16(11-17)12-23)25-9-7-15(8-10-25)20(26)24-13-14-1-4-18(22)5-2-14/h1-6,11,15H,7-10,13H2,(H,24,26). The first-order valence-electron chi connectivity index (χ1n) is 8.53. The van der Waals surface area contributed by atoms with Gasteiger partial charge in [-0.3, -0.25) is 4.79 Å². The van der Waals surface area contributed by atoms with Crippen molar-refractivity contribution in [1.82, 2.24) is 5.32 Å². The van der Waals surface area contributed by atoms with E-state index in [2.05, 4.69) is 16.3 Å². The number of piperidine rings is 1. The van der Waals surface area contributed by atoms with Crippen molar-refractivity contribution in [2.24, 2.45) is 5.92 Å². The summed E-state index contributed by atoms with van der Waals surface area (Å²) in [6, 6.07) is 13.6. The topological polar surface area (TPSA) is 56.1 Å². The second kappa shape index (κ2) is 8.20. The maximum atomic E-state index is 12.9. The molecule has 1 N–H and O–H groups in total. The lowest BCUT2D eigenvalue weighted by Gasteiger charge is -2.33. The molecule has 4 nitrogen and oxygen atoms in total. The summed E-state index contributed by atoms with van der Waals surface area (Å²) in [5, 5.41) is 12.8. The third kappa shape index (κ3) is 4.33. The molecule has 0 spiro atoms. The first-order valence-corrected chi connectivity index (χ1v) is 8.91.